The van der Waals surface area contributed by atoms with Gasteiger partial charge in [0, 0.05) is 19.0 Å². The van der Waals surface area contributed by atoms with E-state index in [9.17, 15) is 0 Å². The Morgan fingerprint density at radius 3 is 3.12 bits per heavy atom. The highest BCUT2D eigenvalue weighted by molar-refractivity contribution is 5.36. The molecule has 0 fully saturated rings. The van der Waals surface area contributed by atoms with Gasteiger partial charge in [0.05, 0.1) is 7.11 Å². The van der Waals surface area contributed by atoms with E-state index in [1.54, 1.807) is 7.11 Å². The molecule has 0 amide bonds. The van der Waals surface area contributed by atoms with Gasteiger partial charge in [0.2, 0.25) is 5.88 Å². The van der Waals surface area contributed by atoms with Crippen molar-refractivity contribution in [1.82, 2.24) is 20.2 Å². The Morgan fingerprint density at radius 1 is 1.41 bits per heavy atom. The zero-order valence-electron chi connectivity index (χ0n) is 9.68. The fraction of sp³-hybridized carbons (Fsp3) is 0.364. The second kappa shape index (κ2) is 5.83. The van der Waals surface area contributed by atoms with Crippen LogP contribution >= 0.6 is 0 Å². The number of pyridine rings is 1. The number of aryl methyl sites for hydroxylation is 1. The highest BCUT2D eigenvalue weighted by atomic mass is 16.5. The van der Waals surface area contributed by atoms with Gasteiger partial charge in [-0.2, -0.15) is 10.1 Å². The van der Waals surface area contributed by atoms with Crippen LogP contribution < -0.4 is 10.1 Å². The minimum Gasteiger partial charge on any atom is -0.481 e. The minimum atomic E-state index is 0.616. The van der Waals surface area contributed by atoms with Crippen LogP contribution in [0.25, 0.3) is 0 Å². The molecule has 0 bridgehead atoms. The lowest BCUT2D eigenvalue weighted by atomic mass is 10.3. The number of H-pyrrole nitrogens is 1. The Kier molecular flexibility index (Phi) is 3.90. The molecule has 2 rings (SSSR count). The maximum Gasteiger partial charge on any atom is 0.214 e. The number of aromatic amines is 1. The van der Waals surface area contributed by atoms with E-state index in [-0.39, 0.29) is 0 Å². The molecule has 0 aliphatic rings. The second-order valence-corrected chi connectivity index (χ2v) is 3.53. The molecule has 0 spiro atoms. The summed E-state index contributed by atoms with van der Waals surface area (Å²) in [6, 6.07) is 5.64. The van der Waals surface area contributed by atoms with Crippen LogP contribution in [0.5, 0.6) is 5.88 Å². The lowest BCUT2D eigenvalue weighted by molar-refractivity contribution is 0.398. The quantitative estimate of drug-likeness (QED) is 0.734. The van der Waals surface area contributed by atoms with Gasteiger partial charge < -0.3 is 10.1 Å². The highest BCUT2D eigenvalue weighted by Gasteiger charge is 1.98. The van der Waals surface area contributed by atoms with Crippen molar-refractivity contribution in [2.45, 2.75) is 12.8 Å². The topological polar surface area (TPSA) is 75.7 Å². The van der Waals surface area contributed by atoms with E-state index in [0.29, 0.717) is 5.88 Å². The number of nitrogens with one attached hydrogen (secondary N) is 2. The van der Waals surface area contributed by atoms with Gasteiger partial charge in [-0.05, 0) is 12.5 Å². The maximum absolute atomic E-state index is 5.05. The standard InChI is InChI=1S/C11H15N5O/c1-17-11-6-2-4-9(15-11)12-7-3-5-10-13-8-14-16-10/h2,4,6,8H,3,5,7H2,1H3,(H,12,15)(H,13,14,16). The monoisotopic (exact) mass is 233 g/mol. The van der Waals surface area contributed by atoms with Gasteiger partial charge in [0.25, 0.3) is 0 Å². The van der Waals surface area contributed by atoms with Crippen molar-refractivity contribution in [3.8, 4) is 5.88 Å². The van der Waals surface area contributed by atoms with Crippen molar-refractivity contribution < 1.29 is 4.74 Å². The molecule has 90 valence electrons. The van der Waals surface area contributed by atoms with Gasteiger partial charge in [0.15, 0.2) is 0 Å². The zero-order chi connectivity index (χ0) is 11.9. The summed E-state index contributed by atoms with van der Waals surface area (Å²) in [6.45, 7) is 0.834. The van der Waals surface area contributed by atoms with E-state index in [4.69, 9.17) is 4.74 Å². The Labute approximate surface area is 99.4 Å². The zero-order valence-corrected chi connectivity index (χ0v) is 9.68. The number of hydrogen-bond donors (Lipinski definition) is 2. The van der Waals surface area contributed by atoms with Crippen LogP contribution in [-0.2, 0) is 6.42 Å². The molecule has 0 aliphatic heterocycles. The molecule has 0 saturated carbocycles. The normalized spacial score (nSPS) is 10.2. The molecule has 0 radical (unpaired) electrons. The molecule has 2 N–H and O–H groups in total. The second-order valence-electron chi connectivity index (χ2n) is 3.53. The summed E-state index contributed by atoms with van der Waals surface area (Å²) in [5.41, 5.74) is 0. The van der Waals surface area contributed by atoms with Gasteiger partial charge in [0.1, 0.15) is 18.0 Å². The van der Waals surface area contributed by atoms with Gasteiger partial charge in [-0.1, -0.05) is 6.07 Å². The molecular formula is C11H15N5O. The number of anilines is 1. The Hall–Kier alpha value is -2.11. The SMILES string of the molecule is COc1cccc(NCCCc2ncn[nH]2)n1. The Balaban J connectivity index is 1.74. The van der Waals surface area contributed by atoms with Crippen LogP contribution in [0.1, 0.15) is 12.2 Å². The van der Waals surface area contributed by atoms with Crippen LogP contribution in [-0.4, -0.2) is 33.8 Å². The molecule has 2 aromatic heterocycles. The molecule has 6 heteroatoms. The van der Waals surface area contributed by atoms with E-state index < -0.39 is 0 Å². The average Bonchev–Trinajstić information content (AvgIpc) is 2.88. The van der Waals surface area contributed by atoms with Crippen LogP contribution in [0.3, 0.4) is 0 Å². The molecule has 17 heavy (non-hydrogen) atoms. The van der Waals surface area contributed by atoms with Crippen molar-refractivity contribution in [3.63, 3.8) is 0 Å². The Bertz CT molecular complexity index is 443. The van der Waals surface area contributed by atoms with E-state index in [2.05, 4.69) is 25.5 Å². The van der Waals surface area contributed by atoms with Crippen molar-refractivity contribution >= 4 is 5.82 Å². The smallest absolute Gasteiger partial charge is 0.214 e. The summed E-state index contributed by atoms with van der Waals surface area (Å²) in [7, 11) is 1.61. The summed E-state index contributed by atoms with van der Waals surface area (Å²) in [5.74, 6) is 2.34. The summed E-state index contributed by atoms with van der Waals surface area (Å²) in [6.07, 6.45) is 3.36. The first-order valence-electron chi connectivity index (χ1n) is 5.47. The average molecular weight is 233 g/mol. The minimum absolute atomic E-state index is 0.616. The number of nitrogens with zero attached hydrogens (tertiary/aromatic N) is 3. The molecule has 0 atom stereocenters. The summed E-state index contributed by atoms with van der Waals surface area (Å²) in [5, 5.41) is 9.85. The lowest BCUT2D eigenvalue weighted by Gasteiger charge is -2.05. The number of methoxy groups -OCH3 is 1. The summed E-state index contributed by atoms with van der Waals surface area (Å²) < 4.78 is 5.05. The van der Waals surface area contributed by atoms with E-state index in [0.717, 1.165) is 31.0 Å². The number of ether oxygens (including phenoxy) is 1. The van der Waals surface area contributed by atoms with E-state index in [1.807, 2.05) is 18.2 Å². The number of hydrogen-bond acceptors (Lipinski definition) is 5. The van der Waals surface area contributed by atoms with Crippen LogP contribution in [0, 0.1) is 0 Å². The predicted molar refractivity (Wildman–Crippen MR) is 64.0 cm³/mol. The van der Waals surface area contributed by atoms with Crippen molar-refractivity contribution in [1.29, 1.82) is 0 Å². The maximum atomic E-state index is 5.05. The molecule has 2 heterocycles. The summed E-state index contributed by atoms with van der Waals surface area (Å²) >= 11 is 0. The van der Waals surface area contributed by atoms with E-state index >= 15 is 0 Å². The fourth-order valence-corrected chi connectivity index (χ4v) is 1.45. The van der Waals surface area contributed by atoms with Crippen LogP contribution in [0.2, 0.25) is 0 Å². The van der Waals surface area contributed by atoms with Gasteiger partial charge in [-0.3, -0.25) is 5.10 Å². The third kappa shape index (κ3) is 3.44. The molecular weight excluding hydrogens is 218 g/mol. The first kappa shape index (κ1) is 11.4. The van der Waals surface area contributed by atoms with E-state index in [1.165, 1.54) is 6.33 Å². The third-order valence-corrected chi connectivity index (χ3v) is 2.29. The fourth-order valence-electron chi connectivity index (χ4n) is 1.45. The number of aromatic nitrogens is 4. The number of rotatable bonds is 6. The van der Waals surface area contributed by atoms with Crippen LogP contribution in [0.15, 0.2) is 24.5 Å². The molecule has 2 aromatic rings. The molecule has 0 saturated heterocycles. The summed E-state index contributed by atoms with van der Waals surface area (Å²) in [4.78, 5) is 8.31. The third-order valence-electron chi connectivity index (χ3n) is 2.29. The first-order chi connectivity index (χ1) is 8.38. The van der Waals surface area contributed by atoms with Crippen molar-refractivity contribution in [3.05, 3.63) is 30.4 Å². The molecule has 0 aromatic carbocycles. The molecule has 6 nitrogen and oxygen atoms in total. The Morgan fingerprint density at radius 2 is 2.35 bits per heavy atom. The predicted octanol–water partition coefficient (Wildman–Crippen LogP) is 1.25. The van der Waals surface area contributed by atoms with Gasteiger partial charge in [-0.25, -0.2) is 4.98 Å². The van der Waals surface area contributed by atoms with Gasteiger partial charge >= 0.3 is 0 Å². The molecule has 0 aliphatic carbocycles. The highest BCUT2D eigenvalue weighted by Crippen LogP contribution is 2.10. The largest absolute Gasteiger partial charge is 0.481 e. The molecule has 0 unspecified atom stereocenters. The van der Waals surface area contributed by atoms with Crippen molar-refractivity contribution in [2.75, 3.05) is 19.0 Å². The van der Waals surface area contributed by atoms with Gasteiger partial charge in [-0.15, -0.1) is 0 Å². The lowest BCUT2D eigenvalue weighted by Crippen LogP contribution is -2.05. The van der Waals surface area contributed by atoms with Crippen LogP contribution in [0.4, 0.5) is 5.82 Å². The first-order valence-corrected chi connectivity index (χ1v) is 5.47. The van der Waals surface area contributed by atoms with Crippen molar-refractivity contribution in [2.24, 2.45) is 0 Å².